The standard InChI is InChI=1S/C15H19N3O4S2/c1-14(2)9(11(20)21)18-12(22)15(3,13(18)24-14)17-8(19)6-7-4-5-23-10(7)16/h4-5,9,13H,6,16H2,1-3H3,(H,17,19)(H,20,21)/t9-,13+,15-/m0/s1. The highest BCUT2D eigenvalue weighted by molar-refractivity contribution is 8.01. The minimum Gasteiger partial charge on any atom is -0.480 e. The summed E-state index contributed by atoms with van der Waals surface area (Å²) in [6, 6.07) is 0.891. The van der Waals surface area contributed by atoms with Crippen LogP contribution in [0.1, 0.15) is 26.3 Å². The van der Waals surface area contributed by atoms with Crippen LogP contribution in [0, 0.1) is 0 Å². The van der Waals surface area contributed by atoms with Crippen molar-refractivity contribution in [2.75, 3.05) is 5.73 Å². The number of nitrogens with zero attached hydrogens (tertiary/aromatic N) is 1. The topological polar surface area (TPSA) is 113 Å². The normalized spacial score (nSPS) is 30.6. The average molecular weight is 369 g/mol. The minimum atomic E-state index is -1.09. The molecule has 0 spiro atoms. The van der Waals surface area contributed by atoms with Crippen LogP contribution >= 0.6 is 23.1 Å². The third-order valence-corrected chi connectivity index (χ3v) is 7.08. The zero-order chi connectivity index (χ0) is 17.9. The number of carboxylic acid groups (broad SMARTS) is 1. The second-order valence-corrected chi connectivity index (χ2v) is 9.45. The summed E-state index contributed by atoms with van der Waals surface area (Å²) in [4.78, 5) is 37.8. The van der Waals surface area contributed by atoms with Crippen molar-refractivity contribution in [2.24, 2.45) is 0 Å². The lowest BCUT2D eigenvalue weighted by Crippen LogP contribution is -2.78. The molecule has 130 valence electrons. The number of hydrogen-bond donors (Lipinski definition) is 3. The monoisotopic (exact) mass is 369 g/mol. The maximum absolute atomic E-state index is 12.6. The molecule has 1 aromatic rings. The molecule has 0 aromatic carbocycles. The number of fused-ring (bicyclic) bond motifs is 1. The molecule has 9 heteroatoms. The van der Waals surface area contributed by atoms with Crippen LogP contribution in [0.15, 0.2) is 11.4 Å². The smallest absolute Gasteiger partial charge is 0.327 e. The van der Waals surface area contributed by atoms with Crippen LogP contribution in [0.3, 0.4) is 0 Å². The number of rotatable bonds is 4. The van der Waals surface area contributed by atoms with E-state index in [1.807, 2.05) is 5.38 Å². The van der Waals surface area contributed by atoms with Crippen molar-refractivity contribution in [3.05, 3.63) is 17.0 Å². The molecule has 2 saturated heterocycles. The van der Waals surface area contributed by atoms with Gasteiger partial charge < -0.3 is 21.1 Å². The molecule has 0 radical (unpaired) electrons. The third-order valence-electron chi connectivity index (χ3n) is 4.54. The lowest BCUT2D eigenvalue weighted by Gasteiger charge is -2.51. The van der Waals surface area contributed by atoms with Gasteiger partial charge in [0, 0.05) is 4.75 Å². The minimum absolute atomic E-state index is 0.0986. The number of nitrogen functional groups attached to an aromatic ring is 1. The predicted octanol–water partition coefficient (Wildman–Crippen LogP) is 0.895. The van der Waals surface area contributed by atoms with Crippen LogP contribution in [0.2, 0.25) is 0 Å². The first kappa shape index (κ1) is 17.1. The van der Waals surface area contributed by atoms with E-state index in [1.54, 1.807) is 26.8 Å². The van der Waals surface area contributed by atoms with Gasteiger partial charge >= 0.3 is 5.97 Å². The highest BCUT2D eigenvalue weighted by Gasteiger charge is 2.69. The molecule has 4 N–H and O–H groups in total. The zero-order valence-corrected chi connectivity index (χ0v) is 15.2. The number of nitrogens with one attached hydrogen (secondary N) is 1. The average Bonchev–Trinajstić information content (AvgIpc) is 2.98. The first-order valence-electron chi connectivity index (χ1n) is 7.44. The molecule has 3 rings (SSSR count). The van der Waals surface area contributed by atoms with Crippen LogP contribution in [0.4, 0.5) is 5.00 Å². The summed E-state index contributed by atoms with van der Waals surface area (Å²) in [5.74, 6) is -1.68. The highest BCUT2D eigenvalue weighted by Crippen LogP contribution is 2.54. The SMILES string of the molecule is CC1(C)S[C@H]2N(C(=O)[C@]2(C)NC(=O)Cc2ccsc2N)[C@H]1C(=O)O. The number of aliphatic carboxylic acids is 1. The number of thioether (sulfide) groups is 1. The Bertz CT molecular complexity index is 732. The van der Waals surface area contributed by atoms with Gasteiger partial charge in [-0.3, -0.25) is 9.59 Å². The molecule has 1 aromatic heterocycles. The van der Waals surface area contributed by atoms with E-state index in [4.69, 9.17) is 5.73 Å². The van der Waals surface area contributed by atoms with Crippen LogP contribution in [-0.2, 0) is 20.8 Å². The number of amides is 2. The van der Waals surface area contributed by atoms with E-state index in [0.29, 0.717) is 5.00 Å². The van der Waals surface area contributed by atoms with Crippen molar-refractivity contribution < 1.29 is 19.5 Å². The quantitative estimate of drug-likeness (QED) is 0.680. The maximum Gasteiger partial charge on any atom is 0.327 e. The Morgan fingerprint density at radius 2 is 2.08 bits per heavy atom. The zero-order valence-electron chi connectivity index (χ0n) is 13.5. The summed E-state index contributed by atoms with van der Waals surface area (Å²) in [5, 5.41) is 14.2. The summed E-state index contributed by atoms with van der Waals surface area (Å²) in [7, 11) is 0. The van der Waals surface area contributed by atoms with Gasteiger partial charge in [0.25, 0.3) is 5.91 Å². The van der Waals surface area contributed by atoms with E-state index in [9.17, 15) is 19.5 Å². The Hall–Kier alpha value is -1.74. The molecule has 2 aliphatic heterocycles. The first-order chi connectivity index (χ1) is 11.1. The molecular weight excluding hydrogens is 350 g/mol. The van der Waals surface area contributed by atoms with Gasteiger partial charge in [0.15, 0.2) is 0 Å². The lowest BCUT2D eigenvalue weighted by molar-refractivity contribution is -0.167. The summed E-state index contributed by atoms with van der Waals surface area (Å²) in [6.45, 7) is 5.26. The van der Waals surface area contributed by atoms with Crippen molar-refractivity contribution in [3.63, 3.8) is 0 Å². The number of β-lactam (4-membered cyclic amide) rings is 1. The Balaban J connectivity index is 1.76. The van der Waals surface area contributed by atoms with Crippen LogP contribution in [0.5, 0.6) is 0 Å². The summed E-state index contributed by atoms with van der Waals surface area (Å²) in [6.07, 6.45) is 0.0986. The number of thiophene rings is 1. The van der Waals surface area contributed by atoms with Gasteiger partial charge in [-0.05, 0) is 37.8 Å². The highest BCUT2D eigenvalue weighted by atomic mass is 32.2. The number of nitrogens with two attached hydrogens (primary N) is 1. The molecule has 2 amide bonds. The van der Waals surface area contributed by atoms with Crippen LogP contribution in [-0.4, -0.2) is 49.5 Å². The van der Waals surface area contributed by atoms with Gasteiger partial charge in [-0.2, -0.15) is 0 Å². The largest absolute Gasteiger partial charge is 0.480 e. The fourth-order valence-corrected chi connectivity index (χ4v) is 5.65. The van der Waals surface area contributed by atoms with Gasteiger partial charge in [0.05, 0.1) is 11.4 Å². The summed E-state index contributed by atoms with van der Waals surface area (Å²) in [5.41, 5.74) is 5.43. The van der Waals surface area contributed by atoms with Crippen LogP contribution in [0.25, 0.3) is 0 Å². The number of anilines is 1. The molecule has 0 aliphatic carbocycles. The second kappa shape index (κ2) is 5.38. The number of carbonyl (C=O) groups is 3. The summed E-state index contributed by atoms with van der Waals surface area (Å²) < 4.78 is -0.619. The lowest BCUT2D eigenvalue weighted by atomic mass is 9.86. The molecule has 0 unspecified atom stereocenters. The van der Waals surface area contributed by atoms with E-state index in [1.165, 1.54) is 28.0 Å². The van der Waals surface area contributed by atoms with Gasteiger partial charge in [-0.1, -0.05) is 0 Å². The molecule has 0 saturated carbocycles. The molecular formula is C15H19N3O4S2. The van der Waals surface area contributed by atoms with Crippen molar-refractivity contribution in [3.8, 4) is 0 Å². The molecule has 3 heterocycles. The fourth-order valence-electron chi connectivity index (χ4n) is 3.34. The maximum atomic E-state index is 12.6. The van der Waals surface area contributed by atoms with E-state index in [2.05, 4.69) is 5.32 Å². The number of carboxylic acids is 1. The molecule has 0 bridgehead atoms. The van der Waals surface area contributed by atoms with Crippen molar-refractivity contribution in [1.82, 2.24) is 10.2 Å². The third kappa shape index (κ3) is 2.37. The van der Waals surface area contributed by atoms with Crippen LogP contribution < -0.4 is 11.1 Å². The van der Waals surface area contributed by atoms with Crippen molar-refractivity contribution in [1.29, 1.82) is 0 Å². The van der Waals surface area contributed by atoms with E-state index < -0.39 is 22.3 Å². The Labute approximate surface area is 147 Å². The van der Waals surface area contributed by atoms with E-state index in [0.717, 1.165) is 5.56 Å². The van der Waals surface area contributed by atoms with Crippen molar-refractivity contribution in [2.45, 2.75) is 48.9 Å². The van der Waals surface area contributed by atoms with E-state index >= 15 is 0 Å². The van der Waals surface area contributed by atoms with Gasteiger partial charge in [-0.25, -0.2) is 4.79 Å². The molecule has 24 heavy (non-hydrogen) atoms. The van der Waals surface area contributed by atoms with Crippen molar-refractivity contribution >= 4 is 45.9 Å². The predicted molar refractivity (Wildman–Crippen MR) is 92.7 cm³/mol. The number of hydrogen-bond acceptors (Lipinski definition) is 6. The molecule has 3 atom stereocenters. The molecule has 7 nitrogen and oxygen atoms in total. The Morgan fingerprint density at radius 3 is 2.62 bits per heavy atom. The molecule has 2 fully saturated rings. The van der Waals surface area contributed by atoms with Gasteiger partial charge in [0.2, 0.25) is 5.91 Å². The molecule has 2 aliphatic rings. The fraction of sp³-hybridized carbons (Fsp3) is 0.533. The Kier molecular flexibility index (Phi) is 3.83. The first-order valence-corrected chi connectivity index (χ1v) is 9.20. The number of carbonyl (C=O) groups excluding carboxylic acids is 2. The second-order valence-electron chi connectivity index (χ2n) is 6.76. The Morgan fingerprint density at radius 1 is 1.42 bits per heavy atom. The van der Waals surface area contributed by atoms with Gasteiger partial charge in [-0.15, -0.1) is 23.1 Å². The summed E-state index contributed by atoms with van der Waals surface area (Å²) >= 11 is 2.76. The van der Waals surface area contributed by atoms with E-state index in [-0.39, 0.29) is 23.6 Å². The van der Waals surface area contributed by atoms with Gasteiger partial charge in [0.1, 0.15) is 17.0 Å².